The van der Waals surface area contributed by atoms with Crippen molar-refractivity contribution in [2.24, 2.45) is 5.73 Å². The highest BCUT2D eigenvalue weighted by Crippen LogP contribution is 2.36. The second kappa shape index (κ2) is 11.5. The molecule has 2 N–H and O–H groups in total. The first-order valence-electron chi connectivity index (χ1n) is 11.6. The van der Waals surface area contributed by atoms with Gasteiger partial charge >= 0.3 is 5.97 Å². The van der Waals surface area contributed by atoms with Gasteiger partial charge < -0.3 is 24.4 Å². The SMILES string of the molecule is COCC(C)OC(=O)Cc1cc(F)ccc1OCc1cc(-c2cccc(CN)c2F)c2occc2c1F. The lowest BCUT2D eigenvalue weighted by Crippen LogP contribution is -2.21. The van der Waals surface area contributed by atoms with E-state index in [0.29, 0.717) is 11.1 Å². The third-order valence-electron chi connectivity index (χ3n) is 5.81. The molecule has 0 aliphatic rings. The summed E-state index contributed by atoms with van der Waals surface area (Å²) in [7, 11) is 1.48. The van der Waals surface area contributed by atoms with Crippen LogP contribution in [0.3, 0.4) is 0 Å². The summed E-state index contributed by atoms with van der Waals surface area (Å²) >= 11 is 0. The number of esters is 1. The van der Waals surface area contributed by atoms with E-state index in [1.807, 2.05) is 0 Å². The molecule has 0 saturated heterocycles. The first-order valence-corrected chi connectivity index (χ1v) is 11.6. The molecule has 6 nitrogen and oxygen atoms in total. The number of hydrogen-bond donors (Lipinski definition) is 1. The molecule has 4 rings (SSSR count). The monoisotopic (exact) mass is 513 g/mol. The molecule has 3 aromatic carbocycles. The number of hydrogen-bond acceptors (Lipinski definition) is 6. The van der Waals surface area contributed by atoms with E-state index in [4.69, 9.17) is 24.4 Å². The zero-order valence-corrected chi connectivity index (χ0v) is 20.4. The van der Waals surface area contributed by atoms with Crippen molar-refractivity contribution in [3.63, 3.8) is 0 Å². The molecule has 0 aliphatic carbocycles. The minimum atomic E-state index is -0.598. The zero-order chi connectivity index (χ0) is 26.5. The number of fused-ring (bicyclic) bond motifs is 1. The van der Waals surface area contributed by atoms with Crippen molar-refractivity contribution in [2.75, 3.05) is 13.7 Å². The van der Waals surface area contributed by atoms with Crippen LogP contribution in [0.1, 0.15) is 23.6 Å². The third kappa shape index (κ3) is 5.79. The number of rotatable bonds is 10. The lowest BCUT2D eigenvalue weighted by molar-refractivity contribution is -0.149. The van der Waals surface area contributed by atoms with Crippen molar-refractivity contribution in [3.05, 3.63) is 88.9 Å². The lowest BCUT2D eigenvalue weighted by Gasteiger charge is -2.15. The van der Waals surface area contributed by atoms with Crippen molar-refractivity contribution in [3.8, 4) is 16.9 Å². The number of furan rings is 1. The van der Waals surface area contributed by atoms with Gasteiger partial charge in [-0.3, -0.25) is 4.79 Å². The lowest BCUT2D eigenvalue weighted by atomic mass is 9.97. The predicted molar refractivity (Wildman–Crippen MR) is 131 cm³/mol. The normalized spacial score (nSPS) is 12.1. The van der Waals surface area contributed by atoms with Crippen LogP contribution in [-0.4, -0.2) is 25.8 Å². The molecule has 1 aromatic heterocycles. The van der Waals surface area contributed by atoms with E-state index in [0.717, 1.165) is 6.07 Å². The Balaban J connectivity index is 1.64. The number of benzene rings is 3. The van der Waals surface area contributed by atoms with Crippen LogP contribution < -0.4 is 10.5 Å². The summed E-state index contributed by atoms with van der Waals surface area (Å²) in [4.78, 5) is 12.3. The van der Waals surface area contributed by atoms with Crippen molar-refractivity contribution in [2.45, 2.75) is 32.6 Å². The number of halogens is 3. The Bertz CT molecular complexity index is 1420. The van der Waals surface area contributed by atoms with E-state index in [9.17, 15) is 9.18 Å². The largest absolute Gasteiger partial charge is 0.488 e. The summed E-state index contributed by atoms with van der Waals surface area (Å²) in [6.07, 6.45) is 0.580. The van der Waals surface area contributed by atoms with Gasteiger partial charge in [0.2, 0.25) is 0 Å². The van der Waals surface area contributed by atoms with Crippen LogP contribution in [0.25, 0.3) is 22.1 Å². The van der Waals surface area contributed by atoms with Gasteiger partial charge in [-0.15, -0.1) is 0 Å². The van der Waals surface area contributed by atoms with Crippen molar-refractivity contribution < 1.29 is 36.6 Å². The smallest absolute Gasteiger partial charge is 0.310 e. The van der Waals surface area contributed by atoms with E-state index < -0.39 is 29.5 Å². The molecular weight excluding hydrogens is 487 g/mol. The highest BCUT2D eigenvalue weighted by atomic mass is 19.1. The van der Waals surface area contributed by atoms with Gasteiger partial charge in [-0.2, -0.15) is 0 Å². The standard InChI is InChI=1S/C28H26F3NO5/c1-16(14-34-2)37-25(33)12-18-10-20(29)6-7-24(18)36-15-19-11-23(28-22(27(19)31)8-9-35-28)21-5-3-4-17(13-32)26(21)30/h3-11,16H,12-15,32H2,1-2H3. The Hall–Kier alpha value is -3.82. The molecule has 9 heteroatoms. The Labute approximate surface area is 211 Å². The second-order valence-corrected chi connectivity index (χ2v) is 8.52. The van der Waals surface area contributed by atoms with Crippen molar-refractivity contribution >= 4 is 16.9 Å². The summed E-state index contributed by atoms with van der Waals surface area (Å²) < 4.78 is 65.9. The van der Waals surface area contributed by atoms with E-state index in [1.165, 1.54) is 37.6 Å². The first kappa shape index (κ1) is 26.2. The third-order valence-corrected chi connectivity index (χ3v) is 5.81. The molecule has 0 saturated carbocycles. The van der Waals surface area contributed by atoms with Crippen LogP contribution in [0.2, 0.25) is 0 Å². The number of carbonyl (C=O) groups is 1. The number of carbonyl (C=O) groups excluding carboxylic acids is 1. The fourth-order valence-corrected chi connectivity index (χ4v) is 4.09. The fourth-order valence-electron chi connectivity index (χ4n) is 4.09. The van der Waals surface area contributed by atoms with Gasteiger partial charge in [-0.05, 0) is 37.3 Å². The Kier molecular flexibility index (Phi) is 8.15. The maximum absolute atomic E-state index is 15.3. The Morgan fingerprint density at radius 3 is 2.57 bits per heavy atom. The summed E-state index contributed by atoms with van der Waals surface area (Å²) in [6.45, 7) is 1.61. The molecule has 0 aliphatic heterocycles. The van der Waals surface area contributed by atoms with Gasteiger partial charge in [0.1, 0.15) is 41.5 Å². The first-order chi connectivity index (χ1) is 17.8. The summed E-state index contributed by atoms with van der Waals surface area (Å²) in [5.41, 5.74) is 7.04. The quantitative estimate of drug-likeness (QED) is 0.275. The van der Waals surface area contributed by atoms with Crippen molar-refractivity contribution in [1.29, 1.82) is 0 Å². The average Bonchev–Trinajstić information content (AvgIpc) is 3.36. The van der Waals surface area contributed by atoms with Crippen LogP contribution in [0, 0.1) is 17.5 Å². The molecule has 0 radical (unpaired) electrons. The number of methoxy groups -OCH3 is 1. The summed E-state index contributed by atoms with van der Waals surface area (Å²) in [5, 5.41) is 0.156. The number of ether oxygens (including phenoxy) is 3. The second-order valence-electron chi connectivity index (χ2n) is 8.52. The highest BCUT2D eigenvalue weighted by Gasteiger charge is 2.20. The molecular formula is C28H26F3NO5. The molecule has 1 unspecified atom stereocenters. The predicted octanol–water partition coefficient (Wildman–Crippen LogP) is 5.68. The fraction of sp³-hybridized carbons (Fsp3) is 0.250. The van der Waals surface area contributed by atoms with Crippen LogP contribution in [-0.2, 0) is 33.8 Å². The van der Waals surface area contributed by atoms with Crippen LogP contribution in [0.15, 0.2) is 59.2 Å². The Morgan fingerprint density at radius 1 is 1.00 bits per heavy atom. The van der Waals surface area contributed by atoms with Gasteiger partial charge in [0.15, 0.2) is 0 Å². The van der Waals surface area contributed by atoms with Gasteiger partial charge in [-0.25, -0.2) is 13.2 Å². The minimum Gasteiger partial charge on any atom is -0.488 e. The molecule has 37 heavy (non-hydrogen) atoms. The van der Waals surface area contributed by atoms with E-state index in [1.54, 1.807) is 25.1 Å². The van der Waals surface area contributed by atoms with Crippen molar-refractivity contribution in [1.82, 2.24) is 0 Å². The van der Waals surface area contributed by atoms with Gasteiger partial charge in [0, 0.05) is 41.5 Å². The average molecular weight is 514 g/mol. The minimum absolute atomic E-state index is 0.00183. The maximum atomic E-state index is 15.3. The molecule has 0 fully saturated rings. The molecule has 1 atom stereocenters. The van der Waals surface area contributed by atoms with Gasteiger partial charge in [0.05, 0.1) is 24.7 Å². The molecule has 0 bridgehead atoms. The zero-order valence-electron chi connectivity index (χ0n) is 20.4. The topological polar surface area (TPSA) is 83.9 Å². The molecule has 1 heterocycles. The molecule has 194 valence electrons. The summed E-state index contributed by atoms with van der Waals surface area (Å²) in [5.74, 6) is -2.10. The van der Waals surface area contributed by atoms with E-state index in [-0.39, 0.29) is 59.6 Å². The van der Waals surface area contributed by atoms with Gasteiger partial charge in [0.25, 0.3) is 0 Å². The molecule has 0 spiro atoms. The van der Waals surface area contributed by atoms with Crippen LogP contribution >= 0.6 is 0 Å². The van der Waals surface area contributed by atoms with E-state index >= 15 is 8.78 Å². The maximum Gasteiger partial charge on any atom is 0.310 e. The Morgan fingerprint density at radius 2 is 1.81 bits per heavy atom. The van der Waals surface area contributed by atoms with Gasteiger partial charge in [-0.1, -0.05) is 18.2 Å². The highest BCUT2D eigenvalue weighted by molar-refractivity contribution is 5.94. The number of nitrogens with two attached hydrogens (primary N) is 1. The summed E-state index contributed by atoms with van der Waals surface area (Å²) in [6, 6.07) is 11.4. The van der Waals surface area contributed by atoms with Crippen LogP contribution in [0.4, 0.5) is 13.2 Å². The molecule has 4 aromatic rings. The molecule has 0 amide bonds. The van der Waals surface area contributed by atoms with E-state index in [2.05, 4.69) is 0 Å². The van der Waals surface area contributed by atoms with Crippen LogP contribution in [0.5, 0.6) is 5.75 Å².